The van der Waals surface area contributed by atoms with Crippen LogP contribution < -0.4 is 5.73 Å². The van der Waals surface area contributed by atoms with Gasteiger partial charge in [0.15, 0.2) is 5.78 Å². The minimum absolute atomic E-state index is 0. The molecule has 2 N–H and O–H groups in total. The summed E-state index contributed by atoms with van der Waals surface area (Å²) in [6.45, 7) is 0.0473. The van der Waals surface area contributed by atoms with E-state index in [4.69, 9.17) is 5.73 Å². The highest BCUT2D eigenvalue weighted by atomic mass is 35.5. The zero-order valence-electron chi connectivity index (χ0n) is 6.56. The third-order valence-corrected chi connectivity index (χ3v) is 1.21. The van der Waals surface area contributed by atoms with Crippen LogP contribution in [0.4, 0.5) is 0 Å². The number of halogens is 2. The van der Waals surface area contributed by atoms with Gasteiger partial charge in [0.2, 0.25) is 0 Å². The highest BCUT2D eigenvalue weighted by Gasteiger charge is 2.03. The lowest BCUT2D eigenvalue weighted by Crippen LogP contribution is -2.12. The van der Waals surface area contributed by atoms with Crippen molar-refractivity contribution in [3.63, 3.8) is 0 Å². The van der Waals surface area contributed by atoms with Gasteiger partial charge in [-0.25, -0.2) is 0 Å². The van der Waals surface area contributed by atoms with E-state index in [0.29, 0.717) is 5.56 Å². The van der Waals surface area contributed by atoms with Crippen molar-refractivity contribution >= 4 is 30.6 Å². The second-order valence-corrected chi connectivity index (χ2v) is 2.03. The van der Waals surface area contributed by atoms with E-state index >= 15 is 0 Å². The number of rotatable bonds is 2. The van der Waals surface area contributed by atoms with E-state index < -0.39 is 0 Å². The molecule has 70 valence electrons. The first kappa shape index (κ1) is 14.0. The van der Waals surface area contributed by atoms with E-state index in [1.165, 1.54) is 6.20 Å². The van der Waals surface area contributed by atoms with Gasteiger partial charge in [-0.1, -0.05) is 0 Å². The Hall–Kier alpha value is -0.580. The summed E-state index contributed by atoms with van der Waals surface area (Å²) in [5.74, 6) is -0.0758. The number of nitrogens with zero attached hydrogens (tertiary/aromatic N) is 2. The standard InChI is InChI=1S/C6H9N3O.2ClH/c1-9-4-5(3-8-9)6(10)2-7;;/h3-4H,2,7H2,1H3;2*1H. The molecule has 0 saturated carbocycles. The van der Waals surface area contributed by atoms with E-state index in [2.05, 4.69) is 5.10 Å². The van der Waals surface area contributed by atoms with Crippen LogP contribution in [0.1, 0.15) is 10.4 Å². The smallest absolute Gasteiger partial charge is 0.179 e. The molecule has 0 amide bonds. The summed E-state index contributed by atoms with van der Waals surface area (Å²) >= 11 is 0. The molecule has 0 spiro atoms. The number of carbonyl (C=O) groups is 1. The molecule has 1 aromatic rings. The number of ketones is 1. The van der Waals surface area contributed by atoms with E-state index in [1.807, 2.05) is 0 Å². The van der Waals surface area contributed by atoms with E-state index in [0.717, 1.165) is 0 Å². The van der Waals surface area contributed by atoms with Gasteiger partial charge in [-0.3, -0.25) is 9.48 Å². The molecule has 0 aromatic carbocycles. The van der Waals surface area contributed by atoms with Crippen molar-refractivity contribution in [2.45, 2.75) is 0 Å². The lowest BCUT2D eigenvalue weighted by Gasteiger charge is -1.87. The Bertz CT molecular complexity index is 249. The first-order valence-electron chi connectivity index (χ1n) is 2.96. The van der Waals surface area contributed by atoms with Crippen molar-refractivity contribution in [2.75, 3.05) is 6.54 Å². The molecule has 6 heteroatoms. The monoisotopic (exact) mass is 211 g/mol. The van der Waals surface area contributed by atoms with Crippen LogP contribution >= 0.6 is 24.8 Å². The van der Waals surface area contributed by atoms with E-state index in [-0.39, 0.29) is 37.1 Å². The minimum atomic E-state index is -0.0758. The number of nitrogens with two attached hydrogens (primary N) is 1. The zero-order chi connectivity index (χ0) is 7.56. The quantitative estimate of drug-likeness (QED) is 0.722. The molecule has 1 aromatic heterocycles. The van der Waals surface area contributed by atoms with Crippen molar-refractivity contribution in [1.82, 2.24) is 9.78 Å². The summed E-state index contributed by atoms with van der Waals surface area (Å²) in [4.78, 5) is 10.8. The molecule has 0 radical (unpaired) electrons. The highest BCUT2D eigenvalue weighted by molar-refractivity contribution is 5.96. The fraction of sp³-hybridized carbons (Fsp3) is 0.333. The van der Waals surface area contributed by atoms with Gasteiger partial charge in [0.05, 0.1) is 18.3 Å². The highest BCUT2D eigenvalue weighted by Crippen LogP contribution is 1.95. The van der Waals surface area contributed by atoms with E-state index in [9.17, 15) is 4.79 Å². The minimum Gasteiger partial charge on any atom is -0.324 e. The third-order valence-electron chi connectivity index (χ3n) is 1.21. The molecule has 4 nitrogen and oxygen atoms in total. The predicted molar refractivity (Wildman–Crippen MR) is 51.1 cm³/mol. The molecule has 0 aliphatic heterocycles. The number of carbonyl (C=O) groups excluding carboxylic acids is 1. The fourth-order valence-corrected chi connectivity index (χ4v) is 0.683. The first-order valence-corrected chi connectivity index (χ1v) is 2.96. The van der Waals surface area contributed by atoms with Crippen LogP contribution in [-0.4, -0.2) is 22.1 Å². The molecule has 12 heavy (non-hydrogen) atoms. The molecular formula is C6H11Cl2N3O. The van der Waals surface area contributed by atoms with Crippen molar-refractivity contribution < 1.29 is 4.79 Å². The second kappa shape index (κ2) is 5.99. The Morgan fingerprint density at radius 3 is 2.58 bits per heavy atom. The van der Waals surface area contributed by atoms with Gasteiger partial charge in [-0.15, -0.1) is 24.8 Å². The lowest BCUT2D eigenvalue weighted by atomic mass is 10.2. The van der Waals surface area contributed by atoms with Crippen molar-refractivity contribution in [3.8, 4) is 0 Å². The lowest BCUT2D eigenvalue weighted by molar-refractivity contribution is 0.100. The van der Waals surface area contributed by atoms with Gasteiger partial charge in [-0.2, -0.15) is 5.10 Å². The predicted octanol–water partition coefficient (Wildman–Crippen LogP) is 0.405. The molecule has 0 fully saturated rings. The van der Waals surface area contributed by atoms with Crippen LogP contribution in [0.25, 0.3) is 0 Å². The molecule has 1 rings (SSSR count). The Labute approximate surface area is 82.9 Å². The van der Waals surface area contributed by atoms with E-state index in [1.54, 1.807) is 17.9 Å². The Morgan fingerprint density at radius 1 is 1.67 bits per heavy atom. The molecule has 0 bridgehead atoms. The zero-order valence-corrected chi connectivity index (χ0v) is 8.19. The summed E-state index contributed by atoms with van der Waals surface area (Å²) in [6, 6.07) is 0. The van der Waals surface area contributed by atoms with Gasteiger partial charge in [0, 0.05) is 13.2 Å². The van der Waals surface area contributed by atoms with Crippen LogP contribution in [0.15, 0.2) is 12.4 Å². The maximum absolute atomic E-state index is 10.8. The molecule has 0 saturated heterocycles. The molecule has 1 heterocycles. The second-order valence-electron chi connectivity index (χ2n) is 2.03. The summed E-state index contributed by atoms with van der Waals surface area (Å²) in [7, 11) is 1.76. The third kappa shape index (κ3) is 3.21. The SMILES string of the molecule is Cl.Cl.Cn1cc(C(=O)CN)cn1. The first-order chi connectivity index (χ1) is 4.74. The van der Waals surface area contributed by atoms with Crippen molar-refractivity contribution in [2.24, 2.45) is 12.8 Å². The number of hydrogen-bond acceptors (Lipinski definition) is 3. The number of aryl methyl sites for hydroxylation is 1. The Morgan fingerprint density at radius 2 is 2.25 bits per heavy atom. The largest absolute Gasteiger partial charge is 0.324 e. The Kier molecular flexibility index (Phi) is 6.98. The molecule has 0 aliphatic carbocycles. The van der Waals surface area contributed by atoms with Crippen molar-refractivity contribution in [1.29, 1.82) is 0 Å². The van der Waals surface area contributed by atoms with Gasteiger partial charge >= 0.3 is 0 Å². The molecule has 0 unspecified atom stereocenters. The number of aromatic nitrogens is 2. The summed E-state index contributed by atoms with van der Waals surface area (Å²) in [6.07, 6.45) is 3.16. The van der Waals surface area contributed by atoms with Crippen LogP contribution in [0.2, 0.25) is 0 Å². The van der Waals surface area contributed by atoms with Crippen LogP contribution in [-0.2, 0) is 7.05 Å². The van der Waals surface area contributed by atoms with Crippen LogP contribution in [0, 0.1) is 0 Å². The van der Waals surface area contributed by atoms with Gasteiger partial charge in [0.1, 0.15) is 0 Å². The molecule has 0 aliphatic rings. The summed E-state index contributed by atoms with van der Waals surface area (Å²) in [5, 5.41) is 3.83. The average Bonchev–Trinajstić information content (AvgIpc) is 2.34. The number of hydrogen-bond donors (Lipinski definition) is 1. The Balaban J connectivity index is 0. The molecular weight excluding hydrogens is 201 g/mol. The number of Topliss-reactive ketones (excluding diaryl/α,β-unsaturated/α-hetero) is 1. The maximum atomic E-state index is 10.8. The summed E-state index contributed by atoms with van der Waals surface area (Å²) in [5.41, 5.74) is 5.70. The topological polar surface area (TPSA) is 60.9 Å². The molecule has 0 atom stereocenters. The van der Waals surface area contributed by atoms with Crippen LogP contribution in [0.3, 0.4) is 0 Å². The maximum Gasteiger partial charge on any atom is 0.179 e. The average molecular weight is 212 g/mol. The fourth-order valence-electron chi connectivity index (χ4n) is 0.683. The summed E-state index contributed by atoms with van der Waals surface area (Å²) < 4.78 is 1.57. The normalized spacial score (nSPS) is 8.17. The van der Waals surface area contributed by atoms with Gasteiger partial charge in [0.25, 0.3) is 0 Å². The van der Waals surface area contributed by atoms with Crippen molar-refractivity contribution in [3.05, 3.63) is 18.0 Å². The van der Waals surface area contributed by atoms with Gasteiger partial charge < -0.3 is 5.73 Å². The van der Waals surface area contributed by atoms with Gasteiger partial charge in [-0.05, 0) is 0 Å². The van der Waals surface area contributed by atoms with Crippen LogP contribution in [0.5, 0.6) is 0 Å².